The van der Waals surface area contributed by atoms with Crippen LogP contribution in [0.15, 0.2) is 0 Å². The molecule has 19 heavy (non-hydrogen) atoms. The van der Waals surface area contributed by atoms with E-state index in [1.807, 2.05) is 0 Å². The lowest BCUT2D eigenvalue weighted by molar-refractivity contribution is 0.259. The highest BCUT2D eigenvalue weighted by Gasteiger charge is 2.39. The van der Waals surface area contributed by atoms with Crippen molar-refractivity contribution in [1.82, 2.24) is 4.90 Å². The molecular formula is C14H28N2O2S. The largest absolute Gasteiger partial charge is 0.327 e. The molecule has 112 valence electrons. The average Bonchev–Trinajstić information content (AvgIpc) is 2.69. The van der Waals surface area contributed by atoms with Crippen molar-refractivity contribution in [2.24, 2.45) is 17.6 Å². The molecule has 1 aliphatic heterocycles. The topological polar surface area (TPSA) is 63.4 Å². The molecule has 3 unspecified atom stereocenters. The van der Waals surface area contributed by atoms with Crippen LogP contribution in [0, 0.1) is 11.8 Å². The number of nitrogens with zero attached hydrogens (tertiary/aromatic N) is 1. The molecule has 1 heterocycles. The second-order valence-electron chi connectivity index (χ2n) is 7.21. The van der Waals surface area contributed by atoms with Gasteiger partial charge in [0.15, 0.2) is 9.84 Å². The third-order valence-electron chi connectivity index (χ3n) is 4.84. The molecule has 4 nitrogen and oxygen atoms in total. The lowest BCUT2D eigenvalue weighted by Gasteiger charge is -2.29. The van der Waals surface area contributed by atoms with E-state index >= 15 is 0 Å². The SMILES string of the molecule is CC(C)(C)S(=O)(=O)CCN1CC2CCCC(N)C2C1. The second-order valence-corrected chi connectivity index (χ2v) is 10.1. The lowest BCUT2D eigenvalue weighted by Crippen LogP contribution is -2.39. The van der Waals surface area contributed by atoms with E-state index in [4.69, 9.17) is 5.73 Å². The molecule has 0 aromatic rings. The maximum absolute atomic E-state index is 12.1. The fourth-order valence-corrected chi connectivity index (χ4v) is 4.46. The van der Waals surface area contributed by atoms with Gasteiger partial charge in [0.25, 0.3) is 0 Å². The minimum absolute atomic E-state index is 0.269. The van der Waals surface area contributed by atoms with Crippen LogP contribution < -0.4 is 5.73 Å². The van der Waals surface area contributed by atoms with Gasteiger partial charge in [-0.2, -0.15) is 0 Å². The van der Waals surface area contributed by atoms with Crippen molar-refractivity contribution in [2.75, 3.05) is 25.4 Å². The summed E-state index contributed by atoms with van der Waals surface area (Å²) in [6, 6.07) is 0.322. The Morgan fingerprint density at radius 1 is 1.21 bits per heavy atom. The fourth-order valence-electron chi connectivity index (χ4n) is 3.35. The Morgan fingerprint density at radius 2 is 1.89 bits per heavy atom. The molecule has 2 rings (SSSR count). The van der Waals surface area contributed by atoms with E-state index in [0.717, 1.165) is 19.5 Å². The number of likely N-dealkylation sites (tertiary alicyclic amines) is 1. The zero-order valence-electron chi connectivity index (χ0n) is 12.4. The summed E-state index contributed by atoms with van der Waals surface area (Å²) in [5.41, 5.74) is 6.19. The molecule has 3 atom stereocenters. The Bertz CT molecular complexity index is 414. The minimum Gasteiger partial charge on any atom is -0.327 e. The van der Waals surface area contributed by atoms with Crippen LogP contribution in [-0.4, -0.2) is 49.5 Å². The van der Waals surface area contributed by atoms with E-state index in [0.29, 0.717) is 24.4 Å². The first-order chi connectivity index (χ1) is 8.71. The van der Waals surface area contributed by atoms with Gasteiger partial charge in [-0.05, 0) is 45.4 Å². The van der Waals surface area contributed by atoms with Crippen molar-refractivity contribution in [3.8, 4) is 0 Å². The van der Waals surface area contributed by atoms with Crippen LogP contribution >= 0.6 is 0 Å². The number of sulfone groups is 1. The van der Waals surface area contributed by atoms with Gasteiger partial charge in [-0.3, -0.25) is 0 Å². The van der Waals surface area contributed by atoms with Crippen molar-refractivity contribution >= 4 is 9.84 Å². The molecule has 0 radical (unpaired) electrons. The maximum Gasteiger partial charge on any atom is 0.156 e. The molecule has 1 saturated heterocycles. The molecule has 5 heteroatoms. The molecule has 0 amide bonds. The molecule has 0 bridgehead atoms. The van der Waals surface area contributed by atoms with Crippen LogP contribution in [0.3, 0.4) is 0 Å². The van der Waals surface area contributed by atoms with Crippen LogP contribution in [0.25, 0.3) is 0 Å². The number of fused-ring (bicyclic) bond motifs is 1. The Balaban J connectivity index is 1.89. The first-order valence-corrected chi connectivity index (χ1v) is 9.06. The van der Waals surface area contributed by atoms with Gasteiger partial charge in [0.1, 0.15) is 0 Å². The van der Waals surface area contributed by atoms with Crippen LogP contribution in [0.2, 0.25) is 0 Å². The first-order valence-electron chi connectivity index (χ1n) is 7.41. The van der Waals surface area contributed by atoms with E-state index in [-0.39, 0.29) is 5.75 Å². The van der Waals surface area contributed by atoms with Gasteiger partial charge in [-0.25, -0.2) is 8.42 Å². The highest BCUT2D eigenvalue weighted by molar-refractivity contribution is 7.92. The van der Waals surface area contributed by atoms with Crippen molar-refractivity contribution in [2.45, 2.75) is 50.8 Å². The summed E-state index contributed by atoms with van der Waals surface area (Å²) in [5.74, 6) is 1.55. The van der Waals surface area contributed by atoms with Crippen molar-refractivity contribution in [1.29, 1.82) is 0 Å². The number of hydrogen-bond donors (Lipinski definition) is 1. The predicted molar refractivity (Wildman–Crippen MR) is 78.8 cm³/mol. The Morgan fingerprint density at radius 3 is 2.47 bits per heavy atom. The second kappa shape index (κ2) is 5.34. The summed E-state index contributed by atoms with van der Waals surface area (Å²) >= 11 is 0. The highest BCUT2D eigenvalue weighted by Crippen LogP contribution is 2.35. The third kappa shape index (κ3) is 3.31. The van der Waals surface area contributed by atoms with Gasteiger partial charge < -0.3 is 10.6 Å². The molecular weight excluding hydrogens is 260 g/mol. The maximum atomic E-state index is 12.1. The summed E-state index contributed by atoms with van der Waals surface area (Å²) in [5, 5.41) is 0. The highest BCUT2D eigenvalue weighted by atomic mass is 32.2. The third-order valence-corrected chi connectivity index (χ3v) is 7.42. The summed E-state index contributed by atoms with van der Waals surface area (Å²) in [4.78, 5) is 2.31. The van der Waals surface area contributed by atoms with Gasteiger partial charge in [0.2, 0.25) is 0 Å². The van der Waals surface area contributed by atoms with Crippen molar-refractivity contribution in [3.05, 3.63) is 0 Å². The Kier molecular flexibility index (Phi) is 4.29. The summed E-state index contributed by atoms with van der Waals surface area (Å²) in [6.45, 7) is 8.04. The average molecular weight is 288 g/mol. The van der Waals surface area contributed by atoms with E-state index in [2.05, 4.69) is 4.90 Å². The molecule has 0 spiro atoms. The number of hydrogen-bond acceptors (Lipinski definition) is 4. The van der Waals surface area contributed by atoms with Gasteiger partial charge in [-0.1, -0.05) is 6.42 Å². The van der Waals surface area contributed by atoms with E-state index in [1.165, 1.54) is 12.8 Å². The summed E-state index contributed by atoms with van der Waals surface area (Å²) in [7, 11) is -3.00. The predicted octanol–water partition coefficient (Wildman–Crippen LogP) is 1.26. The normalized spacial score (nSPS) is 33.4. The molecule has 1 aliphatic carbocycles. The number of rotatable bonds is 3. The Hall–Kier alpha value is -0.130. The van der Waals surface area contributed by atoms with Gasteiger partial charge in [0, 0.05) is 25.7 Å². The smallest absolute Gasteiger partial charge is 0.156 e. The van der Waals surface area contributed by atoms with E-state index in [1.54, 1.807) is 20.8 Å². The Labute approximate surface area is 117 Å². The molecule has 2 N–H and O–H groups in total. The zero-order chi connectivity index (χ0) is 14.3. The summed E-state index contributed by atoms with van der Waals surface area (Å²) in [6.07, 6.45) is 3.63. The lowest BCUT2D eigenvalue weighted by atomic mass is 9.78. The van der Waals surface area contributed by atoms with Crippen LogP contribution in [-0.2, 0) is 9.84 Å². The minimum atomic E-state index is -3.00. The zero-order valence-corrected chi connectivity index (χ0v) is 13.2. The van der Waals surface area contributed by atoms with Crippen molar-refractivity contribution in [3.63, 3.8) is 0 Å². The molecule has 1 saturated carbocycles. The summed E-state index contributed by atoms with van der Waals surface area (Å²) < 4.78 is 23.6. The molecule has 2 aliphatic rings. The molecule has 0 aromatic carbocycles. The van der Waals surface area contributed by atoms with E-state index in [9.17, 15) is 8.42 Å². The van der Waals surface area contributed by atoms with Crippen LogP contribution in [0.4, 0.5) is 0 Å². The first kappa shape index (κ1) is 15.3. The van der Waals surface area contributed by atoms with Crippen LogP contribution in [0.5, 0.6) is 0 Å². The van der Waals surface area contributed by atoms with E-state index < -0.39 is 14.6 Å². The van der Waals surface area contributed by atoms with Gasteiger partial charge >= 0.3 is 0 Å². The monoisotopic (exact) mass is 288 g/mol. The van der Waals surface area contributed by atoms with Gasteiger partial charge in [0.05, 0.1) is 10.5 Å². The molecule has 2 fully saturated rings. The quantitative estimate of drug-likeness (QED) is 0.849. The van der Waals surface area contributed by atoms with Crippen LogP contribution in [0.1, 0.15) is 40.0 Å². The van der Waals surface area contributed by atoms with Crippen molar-refractivity contribution < 1.29 is 8.42 Å². The fraction of sp³-hybridized carbons (Fsp3) is 1.00. The molecule has 0 aromatic heterocycles. The number of nitrogens with two attached hydrogens (primary N) is 1. The standard InChI is InChI=1S/C14H28N2O2S/c1-14(2,3)19(17,18)8-7-16-9-11-5-4-6-13(15)12(11)10-16/h11-13H,4-10,15H2,1-3H3. The van der Waals surface area contributed by atoms with Gasteiger partial charge in [-0.15, -0.1) is 0 Å².